The van der Waals surface area contributed by atoms with Crippen LogP contribution in [0.25, 0.3) is 0 Å². The molecule has 2 fully saturated rings. The molecule has 2 aliphatic heterocycles. The van der Waals surface area contributed by atoms with E-state index in [4.69, 9.17) is 10.00 Å². The van der Waals surface area contributed by atoms with Crippen LogP contribution in [0.15, 0.2) is 54.9 Å². The van der Waals surface area contributed by atoms with E-state index >= 15 is 0 Å². The average Bonchev–Trinajstić information content (AvgIpc) is 2.97. The van der Waals surface area contributed by atoms with Gasteiger partial charge >= 0.3 is 12.4 Å². The van der Waals surface area contributed by atoms with Gasteiger partial charge < -0.3 is 19.4 Å². The topological polar surface area (TPSA) is 68.5 Å². The van der Waals surface area contributed by atoms with Crippen LogP contribution in [-0.4, -0.2) is 55.3 Å². The molecule has 0 radical (unpaired) electrons. The first-order valence-corrected chi connectivity index (χ1v) is 13.0. The van der Waals surface area contributed by atoms with Crippen LogP contribution in [-0.2, 0) is 12.4 Å². The van der Waals surface area contributed by atoms with Gasteiger partial charge in [0, 0.05) is 69.6 Å². The molecular weight excluding hydrogens is 550 g/mol. The molecule has 0 bridgehead atoms. The number of anilines is 3. The number of hydrogen-bond donors (Lipinski definition) is 0. The molecule has 0 N–H and O–H groups in total. The molecule has 0 spiro atoms. The molecule has 13 heteroatoms. The Kier molecular flexibility index (Phi) is 7.84. The lowest BCUT2D eigenvalue weighted by Crippen LogP contribution is -2.46. The molecule has 216 valence electrons. The highest BCUT2D eigenvalue weighted by molar-refractivity contribution is 5.55. The number of benzene rings is 2. The second kappa shape index (κ2) is 11.3. The predicted octanol–water partition coefficient (Wildman–Crippen LogP) is 5.76. The van der Waals surface area contributed by atoms with E-state index < -0.39 is 29.0 Å². The van der Waals surface area contributed by atoms with E-state index in [9.17, 15) is 26.3 Å². The third kappa shape index (κ3) is 6.58. The maximum Gasteiger partial charge on any atom is 0.417 e. The summed E-state index contributed by atoms with van der Waals surface area (Å²) in [6.07, 6.45) is -6.59. The number of nitriles is 1. The van der Waals surface area contributed by atoms with Crippen molar-refractivity contribution in [3.05, 3.63) is 71.5 Å². The first kappa shape index (κ1) is 28.3. The number of nitrogens with zero attached hydrogens (tertiary/aromatic N) is 6. The Balaban J connectivity index is 1.15. The summed E-state index contributed by atoms with van der Waals surface area (Å²) in [5.74, 6) is 1.08. The number of rotatable bonds is 5. The van der Waals surface area contributed by atoms with Crippen molar-refractivity contribution in [3.63, 3.8) is 0 Å². The zero-order valence-electron chi connectivity index (χ0n) is 21.8. The van der Waals surface area contributed by atoms with Gasteiger partial charge in [0.15, 0.2) is 0 Å². The summed E-state index contributed by atoms with van der Waals surface area (Å²) < 4.78 is 84.7. The number of piperidine rings is 1. The van der Waals surface area contributed by atoms with E-state index in [-0.39, 0.29) is 6.10 Å². The molecule has 2 aliphatic rings. The van der Waals surface area contributed by atoms with E-state index in [2.05, 4.69) is 14.9 Å². The van der Waals surface area contributed by atoms with Crippen LogP contribution >= 0.6 is 0 Å². The first-order chi connectivity index (χ1) is 19.5. The number of alkyl halides is 6. The van der Waals surface area contributed by atoms with Crippen LogP contribution in [0.5, 0.6) is 5.88 Å². The van der Waals surface area contributed by atoms with Crippen LogP contribution in [0, 0.1) is 11.3 Å². The lowest BCUT2D eigenvalue weighted by atomic mass is 10.0. The zero-order chi connectivity index (χ0) is 29.2. The normalized spacial score (nSPS) is 17.0. The Labute approximate surface area is 232 Å². The Morgan fingerprint density at radius 2 is 1.34 bits per heavy atom. The smallest absolute Gasteiger partial charge is 0.417 e. The Morgan fingerprint density at radius 1 is 0.732 bits per heavy atom. The highest BCUT2D eigenvalue weighted by atomic mass is 19.4. The monoisotopic (exact) mass is 576 g/mol. The summed E-state index contributed by atoms with van der Waals surface area (Å²) in [5.41, 5.74) is -0.880. The molecule has 41 heavy (non-hydrogen) atoms. The van der Waals surface area contributed by atoms with Gasteiger partial charge in [-0.1, -0.05) is 0 Å². The third-order valence-corrected chi connectivity index (χ3v) is 7.31. The molecule has 3 aromatic rings. The fourth-order valence-electron chi connectivity index (χ4n) is 5.09. The molecule has 1 aromatic heterocycles. The summed E-state index contributed by atoms with van der Waals surface area (Å²) >= 11 is 0. The first-order valence-electron chi connectivity index (χ1n) is 13.0. The van der Waals surface area contributed by atoms with Gasteiger partial charge in [0.25, 0.3) is 0 Å². The van der Waals surface area contributed by atoms with Gasteiger partial charge in [-0.3, -0.25) is 0 Å². The molecule has 0 saturated carbocycles. The third-order valence-electron chi connectivity index (χ3n) is 7.31. The Morgan fingerprint density at radius 3 is 1.95 bits per heavy atom. The molecule has 0 amide bonds. The van der Waals surface area contributed by atoms with Crippen LogP contribution in [0.4, 0.5) is 43.5 Å². The van der Waals surface area contributed by atoms with E-state index in [1.165, 1.54) is 30.6 Å². The van der Waals surface area contributed by atoms with Crippen LogP contribution in [0.1, 0.15) is 29.5 Å². The van der Waals surface area contributed by atoms with Crippen LogP contribution in [0.2, 0.25) is 0 Å². The SMILES string of the molecule is N#Cc1ccc(N2CCC(Oc3cc(N4CCN(c5ccc(C(F)(F)F)cc5)CC4)ncn3)CC2)cc1C(F)(F)F. The molecule has 2 saturated heterocycles. The minimum absolute atomic E-state index is 0.175. The largest absolute Gasteiger partial charge is 0.474 e. The van der Waals surface area contributed by atoms with E-state index in [1.807, 2.05) is 9.80 Å². The summed E-state index contributed by atoms with van der Waals surface area (Å²) in [4.78, 5) is 14.5. The van der Waals surface area contributed by atoms with Gasteiger partial charge in [0.2, 0.25) is 5.88 Å². The van der Waals surface area contributed by atoms with Crippen molar-refractivity contribution in [1.29, 1.82) is 5.26 Å². The molecule has 0 aliphatic carbocycles. The van der Waals surface area contributed by atoms with E-state index in [0.717, 1.165) is 23.9 Å². The molecular formula is C28H26F6N6O. The lowest BCUT2D eigenvalue weighted by Gasteiger charge is -2.37. The van der Waals surface area contributed by atoms with Crippen molar-refractivity contribution in [2.45, 2.75) is 31.3 Å². The molecule has 0 atom stereocenters. The fourth-order valence-corrected chi connectivity index (χ4v) is 5.09. The summed E-state index contributed by atoms with van der Waals surface area (Å²) in [7, 11) is 0. The van der Waals surface area contributed by atoms with Gasteiger partial charge in [-0.2, -0.15) is 31.6 Å². The molecule has 2 aromatic carbocycles. The standard InChI is InChI=1S/C28H26F6N6O/c29-27(30,31)20-2-5-21(6-3-20)39-11-13-40(14-12-39)25-16-26(37-18-36-25)41-23-7-9-38(10-8-23)22-4-1-19(17-35)24(15-22)28(32,33)34/h1-6,15-16,18,23H,7-14H2. The number of aromatic nitrogens is 2. The number of ether oxygens (including phenoxy) is 1. The van der Waals surface area contributed by atoms with Crippen molar-refractivity contribution >= 4 is 17.2 Å². The molecule has 0 unspecified atom stereocenters. The Bertz CT molecular complexity index is 1390. The highest BCUT2D eigenvalue weighted by Crippen LogP contribution is 2.35. The second-order valence-corrected chi connectivity index (χ2v) is 9.88. The highest BCUT2D eigenvalue weighted by Gasteiger charge is 2.35. The number of piperazine rings is 1. The van der Waals surface area contributed by atoms with Gasteiger partial charge in [0.05, 0.1) is 22.8 Å². The van der Waals surface area contributed by atoms with Crippen LogP contribution in [0.3, 0.4) is 0 Å². The summed E-state index contributed by atoms with van der Waals surface area (Å²) in [5, 5.41) is 9.02. The van der Waals surface area contributed by atoms with Crippen molar-refractivity contribution in [2.24, 2.45) is 0 Å². The van der Waals surface area contributed by atoms with Gasteiger partial charge in [-0.15, -0.1) is 0 Å². The number of halogens is 6. The predicted molar refractivity (Wildman–Crippen MR) is 140 cm³/mol. The maximum atomic E-state index is 13.4. The van der Waals surface area contributed by atoms with Crippen molar-refractivity contribution in [1.82, 2.24) is 9.97 Å². The molecule has 7 nitrogen and oxygen atoms in total. The van der Waals surface area contributed by atoms with E-state index in [1.54, 1.807) is 12.1 Å². The van der Waals surface area contributed by atoms with Crippen molar-refractivity contribution in [3.8, 4) is 11.9 Å². The molecule has 5 rings (SSSR count). The van der Waals surface area contributed by atoms with E-state index in [0.29, 0.717) is 69.5 Å². The second-order valence-electron chi connectivity index (χ2n) is 9.88. The quantitative estimate of drug-likeness (QED) is 0.358. The number of hydrogen-bond acceptors (Lipinski definition) is 7. The van der Waals surface area contributed by atoms with Crippen molar-refractivity contribution in [2.75, 3.05) is 54.0 Å². The van der Waals surface area contributed by atoms with Crippen LogP contribution < -0.4 is 19.4 Å². The average molecular weight is 577 g/mol. The zero-order valence-corrected chi connectivity index (χ0v) is 21.8. The summed E-state index contributed by atoms with van der Waals surface area (Å²) in [6, 6.07) is 12.2. The minimum atomic E-state index is -4.61. The van der Waals surface area contributed by atoms with Gasteiger partial charge in [-0.25, -0.2) is 9.97 Å². The lowest BCUT2D eigenvalue weighted by molar-refractivity contribution is -0.138. The molecule has 3 heterocycles. The van der Waals surface area contributed by atoms with Gasteiger partial charge in [0.1, 0.15) is 18.2 Å². The minimum Gasteiger partial charge on any atom is -0.474 e. The van der Waals surface area contributed by atoms with Crippen molar-refractivity contribution < 1.29 is 31.1 Å². The fraction of sp³-hybridized carbons (Fsp3) is 0.393. The Hall–Kier alpha value is -4.21. The maximum absolute atomic E-state index is 13.4. The van der Waals surface area contributed by atoms with Gasteiger partial charge in [-0.05, 0) is 42.5 Å². The summed E-state index contributed by atoms with van der Waals surface area (Å²) in [6.45, 7) is 3.40.